The Hall–Kier alpha value is -1.84. The minimum Gasteiger partial charge on any atom is -0.393 e. The van der Waals surface area contributed by atoms with Crippen LogP contribution >= 0.6 is 0 Å². The lowest BCUT2D eigenvalue weighted by Gasteiger charge is -2.08. The number of halogens is 3. The standard InChI is InChI=1S/C7H5F3N2O4S/c8-7(9,10)17(15,16)4-1-2-5(11)6(3-4)12(13)14/h1-3H,11H2. The minimum absolute atomic E-state index is 0.276. The molecule has 0 aliphatic heterocycles. The first-order chi connectivity index (χ1) is 7.57. The zero-order valence-corrected chi connectivity index (χ0v) is 8.75. The van der Waals surface area contributed by atoms with Crippen molar-refractivity contribution in [3.05, 3.63) is 28.3 Å². The molecule has 0 atom stereocenters. The third-order valence-corrected chi connectivity index (χ3v) is 3.30. The topological polar surface area (TPSA) is 103 Å². The van der Waals surface area contributed by atoms with Crippen LogP contribution in [0.25, 0.3) is 0 Å². The van der Waals surface area contributed by atoms with Gasteiger partial charge in [0.15, 0.2) is 0 Å². The number of nitrogens with two attached hydrogens (primary N) is 1. The lowest BCUT2D eigenvalue weighted by Crippen LogP contribution is -2.23. The van der Waals surface area contributed by atoms with E-state index in [9.17, 15) is 31.7 Å². The first-order valence-corrected chi connectivity index (χ1v) is 5.41. The maximum Gasteiger partial charge on any atom is 0.501 e. The molecule has 94 valence electrons. The van der Waals surface area contributed by atoms with Gasteiger partial charge in [-0.05, 0) is 12.1 Å². The summed E-state index contributed by atoms with van der Waals surface area (Å²) in [5, 5.41) is 10.4. The van der Waals surface area contributed by atoms with Crippen molar-refractivity contribution >= 4 is 21.2 Å². The van der Waals surface area contributed by atoms with Crippen molar-refractivity contribution in [3.63, 3.8) is 0 Å². The molecule has 0 aliphatic carbocycles. The zero-order chi connectivity index (χ0) is 13.4. The molecular weight excluding hydrogens is 265 g/mol. The molecule has 0 amide bonds. The maximum atomic E-state index is 12.2. The molecule has 0 aliphatic rings. The number of hydrogen-bond donors (Lipinski definition) is 1. The van der Waals surface area contributed by atoms with Crippen LogP contribution in [0.15, 0.2) is 23.1 Å². The fourth-order valence-electron chi connectivity index (χ4n) is 0.982. The minimum atomic E-state index is -5.61. The second-order valence-electron chi connectivity index (χ2n) is 2.93. The van der Waals surface area contributed by atoms with Crippen molar-refractivity contribution in [1.82, 2.24) is 0 Å². The Labute approximate surface area is 92.9 Å². The van der Waals surface area contributed by atoms with Gasteiger partial charge >= 0.3 is 5.51 Å². The number of hydrogen-bond acceptors (Lipinski definition) is 5. The van der Waals surface area contributed by atoms with Gasteiger partial charge in [0, 0.05) is 6.07 Å². The molecule has 2 N–H and O–H groups in total. The summed E-state index contributed by atoms with van der Waals surface area (Å²) in [4.78, 5) is 8.12. The fraction of sp³-hybridized carbons (Fsp3) is 0.143. The highest BCUT2D eigenvalue weighted by Crippen LogP contribution is 2.33. The van der Waals surface area contributed by atoms with E-state index in [-0.39, 0.29) is 6.07 Å². The summed E-state index contributed by atoms with van der Waals surface area (Å²) >= 11 is 0. The lowest BCUT2D eigenvalue weighted by molar-refractivity contribution is -0.384. The van der Waals surface area contributed by atoms with Gasteiger partial charge in [0.25, 0.3) is 15.5 Å². The van der Waals surface area contributed by atoms with E-state index in [0.717, 1.165) is 6.07 Å². The van der Waals surface area contributed by atoms with Crippen LogP contribution < -0.4 is 5.73 Å². The summed E-state index contributed by atoms with van der Waals surface area (Å²) in [5.74, 6) is 0. The molecule has 6 nitrogen and oxygen atoms in total. The molecule has 0 bridgehead atoms. The number of nitrogens with zero attached hydrogens (tertiary/aromatic N) is 1. The Morgan fingerprint density at radius 3 is 2.24 bits per heavy atom. The van der Waals surface area contributed by atoms with Gasteiger partial charge < -0.3 is 5.73 Å². The van der Waals surface area contributed by atoms with E-state index in [2.05, 4.69) is 0 Å². The number of anilines is 1. The van der Waals surface area contributed by atoms with Crippen molar-refractivity contribution in [1.29, 1.82) is 0 Å². The second kappa shape index (κ2) is 3.87. The Morgan fingerprint density at radius 2 is 1.82 bits per heavy atom. The predicted molar refractivity (Wildman–Crippen MR) is 50.7 cm³/mol. The molecule has 0 saturated heterocycles. The van der Waals surface area contributed by atoms with Crippen LogP contribution in [-0.2, 0) is 9.84 Å². The Kier molecular flexibility index (Phi) is 3.01. The molecule has 1 aromatic carbocycles. The van der Waals surface area contributed by atoms with Crippen LogP contribution in [-0.4, -0.2) is 18.8 Å². The highest BCUT2D eigenvalue weighted by molar-refractivity contribution is 7.92. The molecule has 0 fully saturated rings. The molecule has 0 radical (unpaired) electrons. The summed E-state index contributed by atoms with van der Waals surface area (Å²) in [5.41, 5.74) is -1.71. The van der Waals surface area contributed by atoms with Gasteiger partial charge in [-0.15, -0.1) is 0 Å². The molecule has 17 heavy (non-hydrogen) atoms. The average molecular weight is 270 g/mol. The van der Waals surface area contributed by atoms with Gasteiger partial charge in [-0.3, -0.25) is 10.1 Å². The highest BCUT2D eigenvalue weighted by Gasteiger charge is 2.47. The molecule has 0 aromatic heterocycles. The molecule has 10 heteroatoms. The van der Waals surface area contributed by atoms with E-state index >= 15 is 0 Å². The van der Waals surface area contributed by atoms with Crippen LogP contribution in [0.2, 0.25) is 0 Å². The quantitative estimate of drug-likeness (QED) is 0.498. The van der Waals surface area contributed by atoms with Crippen molar-refractivity contribution in [2.75, 3.05) is 5.73 Å². The monoisotopic (exact) mass is 270 g/mol. The Bertz CT molecular complexity index is 567. The normalized spacial score (nSPS) is 12.4. The number of sulfone groups is 1. The smallest absolute Gasteiger partial charge is 0.393 e. The SMILES string of the molecule is Nc1ccc(S(=O)(=O)C(F)(F)F)cc1[N+](=O)[O-]. The highest BCUT2D eigenvalue weighted by atomic mass is 32.2. The van der Waals surface area contributed by atoms with Crippen LogP contribution in [0, 0.1) is 10.1 Å². The van der Waals surface area contributed by atoms with Crippen molar-refractivity contribution in [3.8, 4) is 0 Å². The van der Waals surface area contributed by atoms with Gasteiger partial charge in [-0.25, -0.2) is 8.42 Å². The van der Waals surface area contributed by atoms with Crippen LogP contribution in [0.4, 0.5) is 24.5 Å². The molecule has 1 aromatic rings. The molecule has 0 spiro atoms. The van der Waals surface area contributed by atoms with Crippen molar-refractivity contribution in [2.45, 2.75) is 10.4 Å². The Morgan fingerprint density at radius 1 is 1.29 bits per heavy atom. The van der Waals surface area contributed by atoms with Gasteiger partial charge in [0.1, 0.15) is 5.69 Å². The van der Waals surface area contributed by atoms with E-state index in [0.29, 0.717) is 6.07 Å². The number of rotatable bonds is 2. The van der Waals surface area contributed by atoms with E-state index in [4.69, 9.17) is 5.73 Å². The van der Waals surface area contributed by atoms with Crippen LogP contribution in [0.3, 0.4) is 0 Å². The number of benzene rings is 1. The van der Waals surface area contributed by atoms with Gasteiger partial charge in [-0.2, -0.15) is 13.2 Å². The van der Waals surface area contributed by atoms with E-state index in [1.165, 1.54) is 0 Å². The third kappa shape index (κ3) is 2.30. The molecule has 0 unspecified atom stereocenters. The van der Waals surface area contributed by atoms with E-state index < -0.39 is 36.5 Å². The Balaban J connectivity index is 3.46. The van der Waals surface area contributed by atoms with Gasteiger partial charge in [-0.1, -0.05) is 0 Å². The summed E-state index contributed by atoms with van der Waals surface area (Å²) < 4.78 is 58.4. The number of nitro benzene ring substituents is 1. The summed E-state index contributed by atoms with van der Waals surface area (Å²) in [7, 11) is -5.61. The largest absolute Gasteiger partial charge is 0.501 e. The predicted octanol–water partition coefficient (Wildman–Crippen LogP) is 1.47. The van der Waals surface area contributed by atoms with Gasteiger partial charge in [0.2, 0.25) is 0 Å². The zero-order valence-electron chi connectivity index (χ0n) is 7.93. The maximum absolute atomic E-state index is 12.2. The summed E-state index contributed by atoms with van der Waals surface area (Å²) in [6, 6.07) is 1.57. The van der Waals surface area contributed by atoms with E-state index in [1.807, 2.05) is 0 Å². The first-order valence-electron chi connectivity index (χ1n) is 3.92. The van der Waals surface area contributed by atoms with Crippen molar-refractivity contribution < 1.29 is 26.5 Å². The number of nitro groups is 1. The molecule has 0 heterocycles. The molecule has 0 saturated carbocycles. The van der Waals surface area contributed by atoms with Gasteiger partial charge in [0.05, 0.1) is 9.82 Å². The van der Waals surface area contributed by atoms with Crippen LogP contribution in [0.5, 0.6) is 0 Å². The third-order valence-electron chi connectivity index (χ3n) is 1.81. The lowest BCUT2D eigenvalue weighted by atomic mass is 10.3. The second-order valence-corrected chi connectivity index (χ2v) is 4.87. The van der Waals surface area contributed by atoms with Crippen LogP contribution in [0.1, 0.15) is 0 Å². The average Bonchev–Trinajstić information content (AvgIpc) is 2.15. The fourth-order valence-corrected chi connectivity index (χ4v) is 1.76. The molecular formula is C7H5F3N2O4S. The van der Waals surface area contributed by atoms with E-state index in [1.54, 1.807) is 0 Å². The number of nitrogen functional groups attached to an aromatic ring is 1. The number of alkyl halides is 3. The summed E-state index contributed by atoms with van der Waals surface area (Å²) in [6.45, 7) is 0. The van der Waals surface area contributed by atoms with Crippen molar-refractivity contribution in [2.24, 2.45) is 0 Å². The summed E-state index contributed by atoms with van der Waals surface area (Å²) in [6.07, 6.45) is 0. The first kappa shape index (κ1) is 13.2. The molecule has 1 rings (SSSR count).